The average molecular weight is 124 g/mol. The predicted octanol–water partition coefficient (Wildman–Crippen LogP) is 3.31. The Labute approximate surface area is 58.3 Å². The summed E-state index contributed by atoms with van der Waals surface area (Å²) in [6.07, 6.45) is 7.73. The van der Waals surface area contributed by atoms with E-state index < -0.39 is 0 Å². The van der Waals surface area contributed by atoms with Crippen LogP contribution in [0, 0.1) is 0 Å². The Kier molecular flexibility index (Phi) is 5.29. The second-order valence-corrected chi connectivity index (χ2v) is 2.13. The van der Waals surface area contributed by atoms with Crippen molar-refractivity contribution in [3.8, 4) is 0 Å². The van der Waals surface area contributed by atoms with Crippen molar-refractivity contribution in [1.82, 2.24) is 0 Å². The topological polar surface area (TPSA) is 0 Å². The minimum Gasteiger partial charge on any atom is -0.0988 e. The van der Waals surface area contributed by atoms with Gasteiger partial charge in [0.25, 0.3) is 0 Å². The van der Waals surface area contributed by atoms with Crippen molar-refractivity contribution in [3.05, 3.63) is 24.3 Å². The fourth-order valence-electron chi connectivity index (χ4n) is 0.702. The van der Waals surface area contributed by atoms with E-state index in [1.54, 1.807) is 0 Å². The molecule has 0 amide bonds. The minimum absolute atomic E-state index is 1.11. The highest BCUT2D eigenvalue weighted by Crippen LogP contribution is 2.03. The molecule has 0 aliphatic rings. The highest BCUT2D eigenvalue weighted by molar-refractivity contribution is 5.14. The maximum Gasteiger partial charge on any atom is -0.0311 e. The van der Waals surface area contributed by atoms with E-state index in [2.05, 4.69) is 26.5 Å². The van der Waals surface area contributed by atoms with Crippen molar-refractivity contribution in [2.24, 2.45) is 0 Å². The summed E-state index contributed by atoms with van der Waals surface area (Å²) in [5.41, 5.74) is 1.37. The first kappa shape index (κ1) is 8.48. The van der Waals surface area contributed by atoms with Gasteiger partial charge in [-0.05, 0) is 12.8 Å². The van der Waals surface area contributed by atoms with Crippen LogP contribution in [-0.4, -0.2) is 0 Å². The molecule has 0 spiro atoms. The van der Waals surface area contributed by atoms with Gasteiger partial charge < -0.3 is 0 Å². The molecule has 0 aromatic rings. The fourth-order valence-corrected chi connectivity index (χ4v) is 0.702. The van der Waals surface area contributed by atoms with E-state index in [4.69, 9.17) is 0 Å². The van der Waals surface area contributed by atoms with Gasteiger partial charge in [-0.3, -0.25) is 0 Å². The summed E-state index contributed by atoms with van der Waals surface area (Å²) in [6, 6.07) is 0. The number of unbranched alkanes of at least 4 members (excludes halogenated alkanes) is 1. The molecule has 0 bridgehead atoms. The van der Waals surface area contributed by atoms with E-state index in [1.807, 2.05) is 6.08 Å². The third-order valence-electron chi connectivity index (χ3n) is 1.37. The normalized spacial score (nSPS) is 11.6. The Morgan fingerprint density at radius 3 is 2.44 bits per heavy atom. The van der Waals surface area contributed by atoms with Gasteiger partial charge in [-0.1, -0.05) is 44.6 Å². The molecule has 0 unspecified atom stereocenters. The van der Waals surface area contributed by atoms with Crippen molar-refractivity contribution in [2.75, 3.05) is 0 Å². The summed E-state index contributed by atoms with van der Waals surface area (Å²) in [4.78, 5) is 0. The zero-order chi connectivity index (χ0) is 7.11. The quantitative estimate of drug-likeness (QED) is 0.504. The first-order valence-corrected chi connectivity index (χ1v) is 3.66. The van der Waals surface area contributed by atoms with E-state index in [1.165, 1.54) is 18.4 Å². The number of hydrogen-bond donors (Lipinski definition) is 0. The van der Waals surface area contributed by atoms with Crippen LogP contribution in [-0.2, 0) is 0 Å². The van der Waals surface area contributed by atoms with Gasteiger partial charge in [0.1, 0.15) is 0 Å². The van der Waals surface area contributed by atoms with E-state index in [0.717, 1.165) is 6.42 Å². The molecule has 52 valence electrons. The number of hydrogen-bond acceptors (Lipinski definition) is 0. The average Bonchev–Trinajstić information content (AvgIpc) is 1.91. The molecule has 0 aromatic heterocycles. The Morgan fingerprint density at radius 2 is 2.11 bits per heavy atom. The maximum atomic E-state index is 3.72. The van der Waals surface area contributed by atoms with Crippen LogP contribution < -0.4 is 0 Å². The summed E-state index contributed by atoms with van der Waals surface area (Å²) in [7, 11) is 0. The second kappa shape index (κ2) is 5.61. The second-order valence-electron chi connectivity index (χ2n) is 2.13. The van der Waals surface area contributed by atoms with Gasteiger partial charge in [-0.15, -0.1) is 0 Å². The van der Waals surface area contributed by atoms with Gasteiger partial charge >= 0.3 is 0 Å². The fraction of sp³-hybridized carbons (Fsp3) is 0.556. The standard InChI is InChI=1S/C9H16/c1-4-7-8-9(5-2)6-3/h5,8H,2,4,6-7H2,1,3H3/b9-8+. The van der Waals surface area contributed by atoms with E-state index in [-0.39, 0.29) is 0 Å². The molecule has 0 rings (SSSR count). The lowest BCUT2D eigenvalue weighted by atomic mass is 10.1. The van der Waals surface area contributed by atoms with E-state index in [9.17, 15) is 0 Å². The molecule has 0 aliphatic carbocycles. The first-order chi connectivity index (χ1) is 4.35. The van der Waals surface area contributed by atoms with Crippen molar-refractivity contribution in [2.45, 2.75) is 33.1 Å². The molecule has 0 saturated carbocycles. The molecule has 0 aliphatic heterocycles. The van der Waals surface area contributed by atoms with Crippen LogP contribution in [0.15, 0.2) is 24.3 Å². The zero-order valence-corrected chi connectivity index (χ0v) is 6.48. The Hall–Kier alpha value is -0.520. The third-order valence-corrected chi connectivity index (χ3v) is 1.37. The summed E-state index contributed by atoms with van der Waals surface area (Å²) in [5, 5.41) is 0. The van der Waals surface area contributed by atoms with Crippen molar-refractivity contribution >= 4 is 0 Å². The molecular weight excluding hydrogens is 108 g/mol. The van der Waals surface area contributed by atoms with E-state index >= 15 is 0 Å². The van der Waals surface area contributed by atoms with Gasteiger partial charge in [-0.2, -0.15) is 0 Å². The molecule has 9 heavy (non-hydrogen) atoms. The highest BCUT2D eigenvalue weighted by Gasteiger charge is 1.82. The van der Waals surface area contributed by atoms with Gasteiger partial charge in [0.15, 0.2) is 0 Å². The van der Waals surface area contributed by atoms with Crippen LogP contribution in [0.1, 0.15) is 33.1 Å². The summed E-state index contributed by atoms with van der Waals surface area (Å²) < 4.78 is 0. The lowest BCUT2D eigenvalue weighted by Crippen LogP contribution is -1.72. The zero-order valence-electron chi connectivity index (χ0n) is 6.48. The summed E-state index contributed by atoms with van der Waals surface area (Å²) in [5.74, 6) is 0. The van der Waals surface area contributed by atoms with Crippen molar-refractivity contribution in [1.29, 1.82) is 0 Å². The van der Waals surface area contributed by atoms with E-state index in [0.29, 0.717) is 0 Å². The lowest BCUT2D eigenvalue weighted by Gasteiger charge is -1.93. The van der Waals surface area contributed by atoms with Crippen LogP contribution >= 0.6 is 0 Å². The molecule has 0 heteroatoms. The highest BCUT2D eigenvalue weighted by atomic mass is 13.9. The van der Waals surface area contributed by atoms with Crippen LogP contribution in [0.3, 0.4) is 0 Å². The van der Waals surface area contributed by atoms with Gasteiger partial charge in [-0.25, -0.2) is 0 Å². The van der Waals surface area contributed by atoms with Gasteiger partial charge in [0.05, 0.1) is 0 Å². The monoisotopic (exact) mass is 124 g/mol. The molecule has 0 aromatic carbocycles. The lowest BCUT2D eigenvalue weighted by molar-refractivity contribution is 0.942. The number of allylic oxidation sites excluding steroid dienone is 3. The first-order valence-electron chi connectivity index (χ1n) is 3.66. The van der Waals surface area contributed by atoms with Crippen molar-refractivity contribution in [3.63, 3.8) is 0 Å². The van der Waals surface area contributed by atoms with Crippen LogP contribution in [0.2, 0.25) is 0 Å². The third kappa shape index (κ3) is 4.01. The van der Waals surface area contributed by atoms with Gasteiger partial charge in [0.2, 0.25) is 0 Å². The summed E-state index contributed by atoms with van der Waals surface area (Å²) >= 11 is 0. The van der Waals surface area contributed by atoms with Crippen LogP contribution in [0.25, 0.3) is 0 Å². The van der Waals surface area contributed by atoms with Gasteiger partial charge in [0, 0.05) is 0 Å². The Morgan fingerprint density at radius 1 is 1.44 bits per heavy atom. The number of rotatable bonds is 4. The molecule has 0 N–H and O–H groups in total. The molecule has 0 atom stereocenters. The molecule has 0 fully saturated rings. The molecule has 0 saturated heterocycles. The Bertz CT molecular complexity index is 98.6. The summed E-state index contributed by atoms with van der Waals surface area (Å²) in [6.45, 7) is 8.06. The molecule has 0 radical (unpaired) electrons. The largest absolute Gasteiger partial charge is 0.0988 e. The predicted molar refractivity (Wildman–Crippen MR) is 43.5 cm³/mol. The van der Waals surface area contributed by atoms with Crippen molar-refractivity contribution < 1.29 is 0 Å². The van der Waals surface area contributed by atoms with Crippen LogP contribution in [0.5, 0.6) is 0 Å². The SMILES string of the molecule is C=C/C(=C\CCC)CC. The minimum atomic E-state index is 1.11. The molecular formula is C9H16. The Balaban J connectivity index is 3.61. The maximum absolute atomic E-state index is 3.72. The molecule has 0 heterocycles. The smallest absolute Gasteiger partial charge is 0.0311 e. The van der Waals surface area contributed by atoms with Crippen LogP contribution in [0.4, 0.5) is 0 Å². The molecule has 0 nitrogen and oxygen atoms in total.